The van der Waals surface area contributed by atoms with Crippen molar-refractivity contribution in [3.8, 4) is 5.75 Å². The van der Waals surface area contributed by atoms with Gasteiger partial charge in [-0.1, -0.05) is 31.5 Å². The zero-order valence-corrected chi connectivity index (χ0v) is 14.8. The van der Waals surface area contributed by atoms with Gasteiger partial charge in [-0.15, -0.1) is 0 Å². The van der Waals surface area contributed by atoms with Crippen LogP contribution in [0.2, 0.25) is 5.02 Å². The molecule has 0 unspecified atom stereocenters. The van der Waals surface area contributed by atoms with Crippen molar-refractivity contribution < 1.29 is 23.4 Å². The topological polar surface area (TPSA) is 44.8 Å². The Kier molecular flexibility index (Phi) is 6.88. The standard InChI is InChI=1S/C17H22ClFO4/c1-6-22-13(16(20)23-7-2)10-17(3,4)11-8-9-12(18)14(19)15(11)21-5/h8-10H,6-7H2,1-5H3. The van der Waals surface area contributed by atoms with Gasteiger partial charge in [-0.2, -0.15) is 0 Å². The number of methoxy groups -OCH3 is 1. The molecule has 0 saturated carbocycles. The fourth-order valence-electron chi connectivity index (χ4n) is 2.16. The van der Waals surface area contributed by atoms with E-state index in [9.17, 15) is 9.18 Å². The van der Waals surface area contributed by atoms with Crippen LogP contribution in [-0.4, -0.2) is 26.3 Å². The first-order valence-corrected chi connectivity index (χ1v) is 7.71. The Balaban J connectivity index is 3.36. The highest BCUT2D eigenvalue weighted by Crippen LogP contribution is 2.38. The first-order chi connectivity index (χ1) is 10.8. The summed E-state index contributed by atoms with van der Waals surface area (Å²) in [5.74, 6) is -1.08. The first-order valence-electron chi connectivity index (χ1n) is 7.33. The molecule has 0 saturated heterocycles. The molecule has 0 bridgehead atoms. The Labute approximate surface area is 141 Å². The van der Waals surface area contributed by atoms with Gasteiger partial charge in [0.05, 0.1) is 25.3 Å². The molecule has 0 aliphatic heterocycles. The van der Waals surface area contributed by atoms with Crippen LogP contribution in [0.4, 0.5) is 4.39 Å². The average Bonchev–Trinajstić information content (AvgIpc) is 2.49. The van der Waals surface area contributed by atoms with Crippen molar-refractivity contribution in [2.75, 3.05) is 20.3 Å². The highest BCUT2D eigenvalue weighted by molar-refractivity contribution is 6.30. The summed E-state index contributed by atoms with van der Waals surface area (Å²) < 4.78 is 29.7. The number of esters is 1. The molecule has 0 radical (unpaired) electrons. The SMILES string of the molecule is CCOC(=O)C(=CC(C)(C)c1ccc(Cl)c(F)c1OC)OCC. The molecule has 0 heterocycles. The molecule has 0 aliphatic rings. The molecular formula is C17H22ClFO4. The molecule has 0 spiro atoms. The molecule has 128 valence electrons. The van der Waals surface area contributed by atoms with E-state index in [0.717, 1.165) is 0 Å². The van der Waals surface area contributed by atoms with Crippen molar-refractivity contribution in [2.45, 2.75) is 33.1 Å². The Morgan fingerprint density at radius 3 is 2.39 bits per heavy atom. The molecule has 0 N–H and O–H groups in total. The van der Waals surface area contributed by atoms with Crippen molar-refractivity contribution in [1.82, 2.24) is 0 Å². The molecule has 0 aliphatic carbocycles. The van der Waals surface area contributed by atoms with E-state index in [1.54, 1.807) is 26.0 Å². The second kappa shape index (κ2) is 8.20. The van der Waals surface area contributed by atoms with Gasteiger partial charge in [-0.3, -0.25) is 0 Å². The predicted octanol–water partition coefficient (Wildman–Crippen LogP) is 4.25. The number of benzene rings is 1. The van der Waals surface area contributed by atoms with Crippen molar-refractivity contribution in [3.63, 3.8) is 0 Å². The highest BCUT2D eigenvalue weighted by Gasteiger charge is 2.28. The maximum Gasteiger partial charge on any atom is 0.373 e. The monoisotopic (exact) mass is 344 g/mol. The van der Waals surface area contributed by atoms with Crippen LogP contribution in [0.5, 0.6) is 5.75 Å². The summed E-state index contributed by atoms with van der Waals surface area (Å²) in [5, 5.41) is -0.0270. The lowest BCUT2D eigenvalue weighted by Crippen LogP contribution is -2.20. The molecule has 1 aromatic rings. The van der Waals surface area contributed by atoms with E-state index >= 15 is 0 Å². The number of carbonyl (C=O) groups excluding carboxylic acids is 1. The van der Waals surface area contributed by atoms with Crippen molar-refractivity contribution in [3.05, 3.63) is 40.4 Å². The number of carbonyl (C=O) groups is 1. The Hall–Kier alpha value is -1.75. The van der Waals surface area contributed by atoms with Gasteiger partial charge in [0, 0.05) is 11.0 Å². The summed E-state index contributed by atoms with van der Waals surface area (Å²) in [6.45, 7) is 7.66. The number of ether oxygens (including phenoxy) is 3. The fraction of sp³-hybridized carbons (Fsp3) is 0.471. The van der Waals surface area contributed by atoms with Gasteiger partial charge < -0.3 is 14.2 Å². The van der Waals surface area contributed by atoms with E-state index in [2.05, 4.69) is 0 Å². The summed E-state index contributed by atoms with van der Waals surface area (Å²) >= 11 is 5.79. The fourth-order valence-corrected chi connectivity index (χ4v) is 2.31. The molecule has 23 heavy (non-hydrogen) atoms. The molecule has 6 heteroatoms. The molecule has 4 nitrogen and oxygen atoms in total. The van der Waals surface area contributed by atoms with Crippen molar-refractivity contribution >= 4 is 17.6 Å². The van der Waals surface area contributed by atoms with Crippen molar-refractivity contribution in [1.29, 1.82) is 0 Å². The lowest BCUT2D eigenvalue weighted by molar-refractivity contribution is -0.142. The summed E-state index contributed by atoms with van der Waals surface area (Å²) in [7, 11) is 1.37. The summed E-state index contributed by atoms with van der Waals surface area (Å²) in [6, 6.07) is 3.12. The van der Waals surface area contributed by atoms with E-state index in [0.29, 0.717) is 12.2 Å². The van der Waals surface area contributed by atoms with Crippen LogP contribution in [0.3, 0.4) is 0 Å². The second-order valence-electron chi connectivity index (χ2n) is 5.33. The van der Waals surface area contributed by atoms with E-state index < -0.39 is 17.2 Å². The molecule has 1 aromatic carbocycles. The van der Waals surface area contributed by atoms with E-state index in [1.807, 2.05) is 13.8 Å². The molecule has 0 aromatic heterocycles. The van der Waals surface area contributed by atoms with Crippen LogP contribution in [0.1, 0.15) is 33.3 Å². The molecule has 0 fully saturated rings. The van der Waals surface area contributed by atoms with Gasteiger partial charge in [0.15, 0.2) is 11.6 Å². The smallest absolute Gasteiger partial charge is 0.373 e. The second-order valence-corrected chi connectivity index (χ2v) is 5.73. The number of rotatable bonds is 7. The number of hydrogen-bond donors (Lipinski definition) is 0. The minimum atomic E-state index is -0.742. The van der Waals surface area contributed by atoms with Crippen molar-refractivity contribution in [2.24, 2.45) is 0 Å². The van der Waals surface area contributed by atoms with Crippen LogP contribution in [0.15, 0.2) is 24.0 Å². The minimum Gasteiger partial charge on any atom is -0.493 e. The summed E-state index contributed by atoms with van der Waals surface area (Å²) in [4.78, 5) is 12.0. The first kappa shape index (κ1) is 19.3. The largest absolute Gasteiger partial charge is 0.493 e. The van der Waals surface area contributed by atoms with E-state index in [-0.39, 0.29) is 23.1 Å². The Morgan fingerprint density at radius 2 is 1.87 bits per heavy atom. The lowest BCUT2D eigenvalue weighted by Gasteiger charge is -2.25. The normalized spacial score (nSPS) is 12.0. The quantitative estimate of drug-likeness (QED) is 0.421. The molecule has 0 atom stereocenters. The lowest BCUT2D eigenvalue weighted by atomic mass is 9.83. The van der Waals surface area contributed by atoms with Crippen LogP contribution in [0, 0.1) is 5.82 Å². The molecule has 0 amide bonds. The maximum atomic E-state index is 14.2. The third-order valence-corrected chi connectivity index (χ3v) is 3.51. The zero-order valence-electron chi connectivity index (χ0n) is 14.0. The van der Waals surface area contributed by atoms with E-state index in [4.69, 9.17) is 25.8 Å². The van der Waals surface area contributed by atoms with Crippen LogP contribution >= 0.6 is 11.6 Å². The molecule has 1 rings (SSSR count). The van der Waals surface area contributed by atoms with Crippen LogP contribution in [0.25, 0.3) is 0 Å². The predicted molar refractivity (Wildman–Crippen MR) is 87.3 cm³/mol. The molecular weight excluding hydrogens is 323 g/mol. The summed E-state index contributed by atoms with van der Waals surface area (Å²) in [6.07, 6.45) is 1.60. The Bertz CT molecular complexity index is 597. The van der Waals surface area contributed by atoms with Gasteiger partial charge in [-0.05, 0) is 26.0 Å². The van der Waals surface area contributed by atoms with Crippen LogP contribution < -0.4 is 4.74 Å². The third-order valence-electron chi connectivity index (χ3n) is 3.22. The average molecular weight is 345 g/mol. The van der Waals surface area contributed by atoms with Gasteiger partial charge >= 0.3 is 5.97 Å². The highest BCUT2D eigenvalue weighted by atomic mass is 35.5. The summed E-state index contributed by atoms with van der Waals surface area (Å²) in [5.41, 5.74) is -0.197. The number of halogens is 2. The maximum absolute atomic E-state index is 14.2. The van der Waals surface area contributed by atoms with Crippen LogP contribution in [-0.2, 0) is 19.7 Å². The van der Waals surface area contributed by atoms with Gasteiger partial charge in [0.2, 0.25) is 5.76 Å². The zero-order chi connectivity index (χ0) is 17.6. The Morgan fingerprint density at radius 1 is 1.26 bits per heavy atom. The minimum absolute atomic E-state index is 0.0270. The van der Waals surface area contributed by atoms with Gasteiger partial charge in [-0.25, -0.2) is 9.18 Å². The number of hydrogen-bond acceptors (Lipinski definition) is 4. The van der Waals surface area contributed by atoms with Gasteiger partial charge in [0.1, 0.15) is 0 Å². The van der Waals surface area contributed by atoms with Gasteiger partial charge in [0.25, 0.3) is 0 Å². The number of allylic oxidation sites excluding steroid dienone is 1. The third kappa shape index (κ3) is 4.61. The van der Waals surface area contributed by atoms with E-state index in [1.165, 1.54) is 13.2 Å².